The van der Waals surface area contributed by atoms with Crippen molar-refractivity contribution in [2.75, 3.05) is 26.4 Å². The molecule has 0 aliphatic carbocycles. The first-order valence-electron chi connectivity index (χ1n) is 7.89. The third-order valence-electron chi connectivity index (χ3n) is 5.69. The molecule has 0 saturated carbocycles. The van der Waals surface area contributed by atoms with Crippen molar-refractivity contribution in [2.45, 2.75) is 18.4 Å². The molecule has 2 aromatic heterocycles. The monoisotopic (exact) mass is 373 g/mol. The lowest BCUT2D eigenvalue weighted by Gasteiger charge is -2.54. The van der Waals surface area contributed by atoms with Gasteiger partial charge in [-0.3, -0.25) is 4.48 Å². The van der Waals surface area contributed by atoms with E-state index in [1.807, 2.05) is 35.0 Å². The van der Waals surface area contributed by atoms with E-state index in [0.29, 0.717) is 10.4 Å². The second-order valence-corrected chi connectivity index (χ2v) is 8.65. The first kappa shape index (κ1) is 17.4. The van der Waals surface area contributed by atoms with Gasteiger partial charge in [-0.05, 0) is 28.8 Å². The third kappa shape index (κ3) is 2.67. The molecule has 3 fully saturated rings. The second-order valence-electron chi connectivity index (χ2n) is 6.76. The molecule has 1 atom stereocenters. The smallest absolute Gasteiger partial charge is 0.222 e. The predicted octanol–water partition coefficient (Wildman–Crippen LogP) is 0.833. The number of nitrogens with zero attached hydrogens (tertiary/aromatic N) is 1. The first-order valence-corrected chi connectivity index (χ1v) is 9.65. The van der Waals surface area contributed by atoms with Crippen LogP contribution in [0, 0.1) is 11.8 Å². The fourth-order valence-electron chi connectivity index (χ4n) is 4.41. The number of halogens is 2. The molecule has 0 amide bonds. The van der Waals surface area contributed by atoms with Crippen molar-refractivity contribution in [3.05, 3.63) is 44.8 Å². The molecular weight excluding hydrogens is 353 g/mol. The zero-order chi connectivity index (χ0) is 15.2. The molecule has 3 saturated heterocycles. The van der Waals surface area contributed by atoms with Crippen LogP contribution in [-0.4, -0.2) is 36.0 Å². The molecule has 23 heavy (non-hydrogen) atoms. The number of piperidine rings is 3. The predicted molar refractivity (Wildman–Crippen MR) is 88.7 cm³/mol. The Kier molecular flexibility index (Phi) is 4.87. The van der Waals surface area contributed by atoms with Crippen molar-refractivity contribution in [2.24, 2.45) is 11.8 Å². The molecule has 2 bridgehead atoms. The summed E-state index contributed by atoms with van der Waals surface area (Å²) in [5, 5.41) is 15.8. The molecule has 0 radical (unpaired) electrons. The third-order valence-corrected chi connectivity index (χ3v) is 7.67. The summed E-state index contributed by atoms with van der Waals surface area (Å²) in [6, 6.07) is 8.06. The van der Waals surface area contributed by atoms with Crippen LogP contribution in [0.4, 0.5) is 4.39 Å². The minimum atomic E-state index is -0.952. The molecule has 3 aliphatic heterocycles. The van der Waals surface area contributed by atoms with Crippen LogP contribution in [0.3, 0.4) is 0 Å². The SMILES string of the molecule is OC(c1cccs1)(c1cccs1)C1C[N+]2(CF)CCC1CC2.[Cl-]. The van der Waals surface area contributed by atoms with Gasteiger partial charge in [0.1, 0.15) is 5.60 Å². The van der Waals surface area contributed by atoms with Crippen LogP contribution in [0.2, 0.25) is 0 Å². The largest absolute Gasteiger partial charge is 1.00 e. The molecule has 2 aromatic rings. The van der Waals surface area contributed by atoms with Crippen LogP contribution in [0.25, 0.3) is 0 Å². The van der Waals surface area contributed by atoms with E-state index in [1.165, 1.54) is 0 Å². The second kappa shape index (κ2) is 6.45. The molecule has 2 nitrogen and oxygen atoms in total. The molecule has 5 heterocycles. The highest BCUT2D eigenvalue weighted by Gasteiger charge is 2.55. The molecule has 0 spiro atoms. The Bertz CT molecular complexity index is 589. The van der Waals surface area contributed by atoms with Gasteiger partial charge in [-0.25, -0.2) is 0 Å². The van der Waals surface area contributed by atoms with Crippen LogP contribution >= 0.6 is 22.7 Å². The molecule has 3 aliphatic rings. The van der Waals surface area contributed by atoms with Gasteiger partial charge in [0.05, 0.1) is 25.6 Å². The number of hydrogen-bond donors (Lipinski definition) is 1. The van der Waals surface area contributed by atoms with Gasteiger partial charge in [0.15, 0.2) is 0 Å². The molecule has 1 N–H and O–H groups in total. The van der Waals surface area contributed by atoms with Gasteiger partial charge in [0.25, 0.3) is 0 Å². The van der Waals surface area contributed by atoms with Gasteiger partial charge in [-0.1, -0.05) is 12.1 Å². The van der Waals surface area contributed by atoms with Gasteiger partial charge in [0.2, 0.25) is 6.80 Å². The Morgan fingerprint density at radius 2 is 1.70 bits per heavy atom. The van der Waals surface area contributed by atoms with E-state index in [9.17, 15) is 9.50 Å². The van der Waals surface area contributed by atoms with Gasteiger partial charge >= 0.3 is 0 Å². The maximum absolute atomic E-state index is 13.7. The van der Waals surface area contributed by atoms with Crippen LogP contribution < -0.4 is 12.4 Å². The van der Waals surface area contributed by atoms with Crippen molar-refractivity contribution in [1.29, 1.82) is 0 Å². The lowest BCUT2D eigenvalue weighted by molar-refractivity contribution is -0.958. The average molecular weight is 374 g/mol. The normalized spacial score (nSPS) is 30.2. The summed E-state index contributed by atoms with van der Waals surface area (Å²) in [6.45, 7) is 2.33. The number of rotatable bonds is 4. The van der Waals surface area contributed by atoms with Crippen molar-refractivity contribution >= 4 is 22.7 Å². The maximum atomic E-state index is 13.7. The Balaban J connectivity index is 0.00000156. The van der Waals surface area contributed by atoms with Crippen LogP contribution in [0.5, 0.6) is 0 Å². The van der Waals surface area contributed by atoms with Crippen molar-refractivity contribution in [3.8, 4) is 0 Å². The van der Waals surface area contributed by atoms with Crippen LogP contribution in [-0.2, 0) is 5.60 Å². The van der Waals surface area contributed by atoms with Crippen molar-refractivity contribution in [3.63, 3.8) is 0 Å². The molecule has 0 aromatic carbocycles. The molecule has 6 heteroatoms. The minimum Gasteiger partial charge on any atom is -1.00 e. The summed E-state index contributed by atoms with van der Waals surface area (Å²) in [7, 11) is 0. The van der Waals surface area contributed by atoms with Gasteiger partial charge in [-0.2, -0.15) is 4.39 Å². The van der Waals surface area contributed by atoms with Crippen molar-refractivity contribution < 1.29 is 26.4 Å². The summed E-state index contributed by atoms with van der Waals surface area (Å²) in [6.07, 6.45) is 2.07. The summed E-state index contributed by atoms with van der Waals surface area (Å²) in [5.74, 6) is 0.615. The van der Waals surface area contributed by atoms with Crippen LogP contribution in [0.15, 0.2) is 35.0 Å². The molecule has 1 unspecified atom stereocenters. The molecule has 126 valence electrons. The van der Waals surface area contributed by atoms with E-state index in [0.717, 1.165) is 42.2 Å². The highest BCUT2D eigenvalue weighted by molar-refractivity contribution is 7.11. The Hall–Kier alpha value is -0.460. The van der Waals surface area contributed by atoms with E-state index < -0.39 is 5.60 Å². The summed E-state index contributed by atoms with van der Waals surface area (Å²) >= 11 is 3.22. The number of thiophene rings is 2. The van der Waals surface area contributed by atoms with Gasteiger partial charge < -0.3 is 17.5 Å². The number of aliphatic hydroxyl groups is 1. The van der Waals surface area contributed by atoms with E-state index in [2.05, 4.69) is 0 Å². The zero-order valence-corrected chi connectivity index (χ0v) is 15.2. The van der Waals surface area contributed by atoms with Crippen molar-refractivity contribution in [1.82, 2.24) is 0 Å². The minimum absolute atomic E-state index is 0. The highest BCUT2D eigenvalue weighted by Crippen LogP contribution is 2.51. The first-order chi connectivity index (χ1) is 10.7. The zero-order valence-electron chi connectivity index (χ0n) is 12.8. The summed E-state index contributed by atoms with van der Waals surface area (Å²) < 4.78 is 14.2. The summed E-state index contributed by atoms with van der Waals surface area (Å²) in [4.78, 5) is 2.01. The van der Waals surface area contributed by atoms with E-state index in [-0.39, 0.29) is 25.1 Å². The number of hydrogen-bond acceptors (Lipinski definition) is 3. The fraction of sp³-hybridized carbons (Fsp3) is 0.529. The van der Waals surface area contributed by atoms with Crippen LogP contribution in [0.1, 0.15) is 22.6 Å². The number of fused-ring (bicyclic) bond motifs is 3. The van der Waals surface area contributed by atoms with E-state index >= 15 is 0 Å². The average Bonchev–Trinajstić information content (AvgIpc) is 3.29. The van der Waals surface area contributed by atoms with Gasteiger partial charge in [-0.15, -0.1) is 22.7 Å². The number of quaternary nitrogens is 1. The highest BCUT2D eigenvalue weighted by atomic mass is 35.5. The standard InChI is InChI=1S/C17H21FNOS2.ClH/c18-12-19-7-5-13(6-8-19)14(11-19)17(20,15-3-1-9-21-15)16-4-2-10-22-16;/h1-4,9-10,13-14,20H,5-8,11-12H2;1H/q+1;/p-1. The topological polar surface area (TPSA) is 20.2 Å². The quantitative estimate of drug-likeness (QED) is 0.622. The molecule has 5 rings (SSSR count). The molecular formula is C17H21ClFNOS2. The summed E-state index contributed by atoms with van der Waals surface area (Å²) in [5.41, 5.74) is -0.952. The Morgan fingerprint density at radius 3 is 2.13 bits per heavy atom. The fourth-order valence-corrected chi connectivity index (χ4v) is 6.27. The Labute approximate surface area is 150 Å². The van der Waals surface area contributed by atoms with E-state index in [4.69, 9.17) is 0 Å². The lowest BCUT2D eigenvalue weighted by atomic mass is 9.68. The van der Waals surface area contributed by atoms with Gasteiger partial charge in [0, 0.05) is 22.6 Å². The number of alkyl halides is 1. The lowest BCUT2D eigenvalue weighted by Crippen LogP contribution is -3.00. The Morgan fingerprint density at radius 1 is 1.13 bits per heavy atom. The van der Waals surface area contributed by atoms with E-state index in [1.54, 1.807) is 22.7 Å². The maximum Gasteiger partial charge on any atom is 0.222 e.